The minimum Gasteiger partial charge on any atom is -0.274 e. The smallest absolute Gasteiger partial charge is 0.231 e. The lowest BCUT2D eigenvalue weighted by atomic mass is 10.3. The maximum Gasteiger partial charge on any atom is 0.231 e. The van der Waals surface area contributed by atoms with Gasteiger partial charge in [-0.1, -0.05) is 6.07 Å². The van der Waals surface area contributed by atoms with E-state index in [2.05, 4.69) is 22.6 Å². The van der Waals surface area contributed by atoms with Gasteiger partial charge in [-0.15, -0.1) is 0 Å². The van der Waals surface area contributed by atoms with Gasteiger partial charge in [0, 0.05) is 10.6 Å². The van der Waals surface area contributed by atoms with E-state index in [4.69, 9.17) is 0 Å². The number of nitrogens with zero attached hydrogens (tertiary/aromatic N) is 1. The zero-order valence-electron chi connectivity index (χ0n) is 7.36. The average molecular weight is 311 g/mol. The second kappa shape index (κ2) is 3.83. The van der Waals surface area contributed by atoms with Crippen molar-refractivity contribution < 1.29 is 8.42 Å². The highest BCUT2D eigenvalue weighted by Crippen LogP contribution is 2.17. The molecule has 72 valence electrons. The molecule has 1 aromatic carbocycles. The van der Waals surface area contributed by atoms with Crippen LogP contribution in [0.25, 0.3) is 0 Å². The SMILES string of the molecule is CN(c1cccc(I)c1)S(C)(=O)=O. The highest BCUT2D eigenvalue weighted by molar-refractivity contribution is 14.1. The molecule has 0 N–H and O–H groups in total. The van der Waals surface area contributed by atoms with Crippen molar-refractivity contribution in [3.63, 3.8) is 0 Å². The van der Waals surface area contributed by atoms with Crippen LogP contribution in [0.4, 0.5) is 5.69 Å². The summed E-state index contributed by atoms with van der Waals surface area (Å²) in [6.07, 6.45) is 1.19. The predicted molar refractivity (Wildman–Crippen MR) is 62.4 cm³/mol. The molecule has 0 bridgehead atoms. The maximum atomic E-state index is 11.2. The molecule has 3 nitrogen and oxygen atoms in total. The van der Waals surface area contributed by atoms with Crippen LogP contribution in [0.15, 0.2) is 24.3 Å². The Kier molecular flexibility index (Phi) is 3.18. The summed E-state index contributed by atoms with van der Waals surface area (Å²) < 4.78 is 24.6. The van der Waals surface area contributed by atoms with Crippen LogP contribution in [-0.2, 0) is 10.0 Å². The lowest BCUT2D eigenvalue weighted by Gasteiger charge is -2.16. The van der Waals surface area contributed by atoms with Gasteiger partial charge in [0.25, 0.3) is 0 Å². The molecule has 0 unspecified atom stereocenters. The number of anilines is 1. The molecule has 0 saturated carbocycles. The van der Waals surface area contributed by atoms with Crippen LogP contribution >= 0.6 is 22.6 Å². The Morgan fingerprint density at radius 2 is 2.00 bits per heavy atom. The van der Waals surface area contributed by atoms with E-state index >= 15 is 0 Å². The van der Waals surface area contributed by atoms with Gasteiger partial charge in [-0.25, -0.2) is 8.42 Å². The lowest BCUT2D eigenvalue weighted by Crippen LogP contribution is -2.24. The van der Waals surface area contributed by atoms with E-state index in [-0.39, 0.29) is 0 Å². The molecule has 0 aliphatic rings. The Morgan fingerprint density at radius 1 is 1.38 bits per heavy atom. The summed E-state index contributed by atoms with van der Waals surface area (Å²) in [6, 6.07) is 7.34. The van der Waals surface area contributed by atoms with Crippen molar-refractivity contribution in [1.29, 1.82) is 0 Å². The van der Waals surface area contributed by atoms with E-state index in [1.807, 2.05) is 18.2 Å². The molecule has 0 amide bonds. The summed E-state index contributed by atoms with van der Waals surface area (Å²) in [7, 11) is -1.60. The topological polar surface area (TPSA) is 37.4 Å². The van der Waals surface area contributed by atoms with Crippen molar-refractivity contribution >= 4 is 38.3 Å². The molecule has 0 aliphatic heterocycles. The van der Waals surface area contributed by atoms with Gasteiger partial charge in [-0.05, 0) is 40.8 Å². The molecule has 0 heterocycles. The largest absolute Gasteiger partial charge is 0.274 e. The molecule has 5 heteroatoms. The molecule has 0 aromatic heterocycles. The van der Waals surface area contributed by atoms with Crippen molar-refractivity contribution in [2.75, 3.05) is 17.6 Å². The number of sulfonamides is 1. The number of hydrogen-bond donors (Lipinski definition) is 0. The van der Waals surface area contributed by atoms with Gasteiger partial charge in [0.1, 0.15) is 0 Å². The monoisotopic (exact) mass is 311 g/mol. The zero-order valence-corrected chi connectivity index (χ0v) is 10.3. The van der Waals surface area contributed by atoms with Crippen molar-refractivity contribution in [2.24, 2.45) is 0 Å². The third kappa shape index (κ3) is 2.84. The Labute approximate surface area is 91.9 Å². The van der Waals surface area contributed by atoms with Crippen molar-refractivity contribution in [3.8, 4) is 0 Å². The number of hydrogen-bond acceptors (Lipinski definition) is 2. The molecule has 13 heavy (non-hydrogen) atoms. The van der Waals surface area contributed by atoms with Gasteiger partial charge < -0.3 is 0 Å². The normalized spacial score (nSPS) is 11.3. The first kappa shape index (κ1) is 10.8. The first-order valence-corrected chi connectivity index (χ1v) is 6.53. The summed E-state index contributed by atoms with van der Waals surface area (Å²) in [5, 5.41) is 0. The third-order valence-corrected chi connectivity index (χ3v) is 3.55. The first-order chi connectivity index (χ1) is 5.91. The van der Waals surface area contributed by atoms with E-state index in [0.29, 0.717) is 5.69 Å². The van der Waals surface area contributed by atoms with E-state index in [1.165, 1.54) is 10.6 Å². The minimum absolute atomic E-state index is 0.689. The molecule has 0 radical (unpaired) electrons. The van der Waals surface area contributed by atoms with E-state index in [1.54, 1.807) is 13.1 Å². The first-order valence-electron chi connectivity index (χ1n) is 3.61. The van der Waals surface area contributed by atoms with Crippen LogP contribution in [-0.4, -0.2) is 21.7 Å². The number of benzene rings is 1. The second-order valence-electron chi connectivity index (χ2n) is 2.71. The fourth-order valence-corrected chi connectivity index (χ4v) is 1.89. The molecular formula is C8H10INO2S. The summed E-state index contributed by atoms with van der Waals surface area (Å²) in [4.78, 5) is 0. The zero-order chi connectivity index (χ0) is 10.1. The summed E-state index contributed by atoms with van der Waals surface area (Å²) in [5.41, 5.74) is 0.689. The Morgan fingerprint density at radius 3 is 2.46 bits per heavy atom. The fourth-order valence-electron chi connectivity index (χ4n) is 0.863. The van der Waals surface area contributed by atoms with Crippen LogP contribution in [0.3, 0.4) is 0 Å². The van der Waals surface area contributed by atoms with E-state index in [0.717, 1.165) is 3.57 Å². The molecule has 0 aliphatic carbocycles. The van der Waals surface area contributed by atoms with Crippen LogP contribution in [0, 0.1) is 3.57 Å². The number of halogens is 1. The van der Waals surface area contributed by atoms with E-state index < -0.39 is 10.0 Å². The van der Waals surface area contributed by atoms with E-state index in [9.17, 15) is 8.42 Å². The van der Waals surface area contributed by atoms with Crippen LogP contribution in [0.1, 0.15) is 0 Å². The maximum absolute atomic E-state index is 11.2. The van der Waals surface area contributed by atoms with Crippen molar-refractivity contribution in [3.05, 3.63) is 27.8 Å². The van der Waals surface area contributed by atoms with Gasteiger partial charge in [-0.3, -0.25) is 4.31 Å². The Hall–Kier alpha value is -0.300. The summed E-state index contributed by atoms with van der Waals surface area (Å²) >= 11 is 2.15. The molecule has 0 fully saturated rings. The van der Waals surface area contributed by atoms with Crippen LogP contribution in [0.2, 0.25) is 0 Å². The quantitative estimate of drug-likeness (QED) is 0.780. The summed E-state index contributed by atoms with van der Waals surface area (Å²) in [5.74, 6) is 0. The highest BCUT2D eigenvalue weighted by Gasteiger charge is 2.11. The van der Waals surface area contributed by atoms with Gasteiger partial charge >= 0.3 is 0 Å². The minimum atomic E-state index is -3.14. The Bertz CT molecular complexity index is 402. The van der Waals surface area contributed by atoms with Gasteiger partial charge in [0.15, 0.2) is 0 Å². The van der Waals surface area contributed by atoms with Crippen LogP contribution < -0.4 is 4.31 Å². The molecule has 0 spiro atoms. The van der Waals surface area contributed by atoms with Gasteiger partial charge in [0.2, 0.25) is 10.0 Å². The highest BCUT2D eigenvalue weighted by atomic mass is 127. The summed E-state index contributed by atoms with van der Waals surface area (Å²) in [6.45, 7) is 0. The van der Waals surface area contributed by atoms with Crippen LogP contribution in [0.5, 0.6) is 0 Å². The molecule has 0 saturated heterocycles. The van der Waals surface area contributed by atoms with Crippen molar-refractivity contribution in [2.45, 2.75) is 0 Å². The number of rotatable bonds is 2. The standard InChI is InChI=1S/C8H10INO2S/c1-10(13(2,11)12)8-5-3-4-7(9)6-8/h3-6H,1-2H3. The van der Waals surface area contributed by atoms with Crippen molar-refractivity contribution in [1.82, 2.24) is 0 Å². The Balaban J connectivity index is 3.10. The third-order valence-electron chi connectivity index (χ3n) is 1.67. The molecule has 1 aromatic rings. The molecule has 0 atom stereocenters. The lowest BCUT2D eigenvalue weighted by molar-refractivity contribution is 0.600. The van der Waals surface area contributed by atoms with Gasteiger partial charge in [0.05, 0.1) is 11.9 Å². The fraction of sp³-hybridized carbons (Fsp3) is 0.250. The molecular weight excluding hydrogens is 301 g/mol. The van der Waals surface area contributed by atoms with Gasteiger partial charge in [-0.2, -0.15) is 0 Å². The molecule has 1 rings (SSSR count). The second-order valence-corrected chi connectivity index (χ2v) is 5.97. The average Bonchev–Trinajstić information content (AvgIpc) is 2.01. The predicted octanol–water partition coefficient (Wildman–Crippen LogP) is 1.69.